The lowest BCUT2D eigenvalue weighted by atomic mass is 10.0. The topological polar surface area (TPSA) is 89.6 Å². The van der Waals surface area contributed by atoms with Crippen LogP contribution in [0.1, 0.15) is 47.1 Å². The highest BCUT2D eigenvalue weighted by Gasteiger charge is 2.34. The number of carbonyl (C=O) groups excluding carboxylic acids is 1. The molecule has 0 amide bonds. The SMILES string of the molecule is CC(C)(C)OC(=O)c1c(N)cc(C(F)(F)F)cc1C(=O)O. The fourth-order valence-corrected chi connectivity index (χ4v) is 1.55. The Kier molecular flexibility index (Phi) is 4.21. The first kappa shape index (κ1) is 16.8. The van der Waals surface area contributed by atoms with Crippen molar-refractivity contribution >= 4 is 17.6 Å². The van der Waals surface area contributed by atoms with Crippen LogP contribution in [0.15, 0.2) is 12.1 Å². The maximum Gasteiger partial charge on any atom is 0.416 e. The van der Waals surface area contributed by atoms with E-state index in [1.807, 2.05) is 0 Å². The molecule has 1 rings (SSSR count). The number of rotatable bonds is 2. The Morgan fingerprint density at radius 2 is 1.71 bits per heavy atom. The monoisotopic (exact) mass is 305 g/mol. The van der Waals surface area contributed by atoms with Gasteiger partial charge in [0.2, 0.25) is 0 Å². The van der Waals surface area contributed by atoms with Gasteiger partial charge in [-0.15, -0.1) is 0 Å². The van der Waals surface area contributed by atoms with Gasteiger partial charge in [0.1, 0.15) is 5.60 Å². The Labute approximate surface area is 118 Å². The predicted molar refractivity (Wildman–Crippen MR) is 68.0 cm³/mol. The number of carboxylic acids is 1. The number of benzene rings is 1. The van der Waals surface area contributed by atoms with Crippen LogP contribution < -0.4 is 5.73 Å². The van der Waals surface area contributed by atoms with E-state index < -0.39 is 46.1 Å². The van der Waals surface area contributed by atoms with Crippen molar-refractivity contribution in [1.82, 2.24) is 0 Å². The summed E-state index contributed by atoms with van der Waals surface area (Å²) in [5.41, 5.74) is 1.18. The number of halogens is 3. The Bertz CT molecular complexity index is 588. The summed E-state index contributed by atoms with van der Waals surface area (Å²) in [4.78, 5) is 23.0. The molecule has 0 unspecified atom stereocenters. The molecule has 0 fully saturated rings. The van der Waals surface area contributed by atoms with Crippen LogP contribution in [0.4, 0.5) is 18.9 Å². The largest absolute Gasteiger partial charge is 0.478 e. The van der Waals surface area contributed by atoms with Crippen molar-refractivity contribution in [2.45, 2.75) is 32.5 Å². The Morgan fingerprint density at radius 3 is 2.10 bits per heavy atom. The van der Waals surface area contributed by atoms with Gasteiger partial charge in [0.05, 0.1) is 16.7 Å². The molecule has 0 atom stereocenters. The van der Waals surface area contributed by atoms with Crippen molar-refractivity contribution in [2.75, 3.05) is 5.73 Å². The third kappa shape index (κ3) is 4.11. The molecule has 116 valence electrons. The van der Waals surface area contributed by atoms with Crippen LogP contribution in [0, 0.1) is 0 Å². The van der Waals surface area contributed by atoms with Crippen LogP contribution in [-0.2, 0) is 10.9 Å². The highest BCUT2D eigenvalue weighted by Crippen LogP contribution is 2.34. The molecular weight excluding hydrogens is 291 g/mol. The molecule has 0 aromatic heterocycles. The van der Waals surface area contributed by atoms with Crippen LogP contribution in [-0.4, -0.2) is 22.6 Å². The molecule has 0 radical (unpaired) electrons. The van der Waals surface area contributed by atoms with Gasteiger partial charge in [-0.25, -0.2) is 9.59 Å². The first-order valence-electron chi connectivity index (χ1n) is 5.80. The van der Waals surface area contributed by atoms with Crippen LogP contribution in [0.25, 0.3) is 0 Å². The average molecular weight is 305 g/mol. The number of hydrogen-bond acceptors (Lipinski definition) is 4. The van der Waals surface area contributed by atoms with Crippen LogP contribution in [0.5, 0.6) is 0 Å². The third-order valence-electron chi connectivity index (χ3n) is 2.33. The van der Waals surface area contributed by atoms with E-state index in [1.54, 1.807) is 0 Å². The molecule has 8 heteroatoms. The fourth-order valence-electron chi connectivity index (χ4n) is 1.55. The number of ether oxygens (including phenoxy) is 1. The molecule has 0 heterocycles. The van der Waals surface area contributed by atoms with Gasteiger partial charge in [-0.05, 0) is 32.9 Å². The third-order valence-corrected chi connectivity index (χ3v) is 2.33. The van der Waals surface area contributed by atoms with Crippen LogP contribution >= 0.6 is 0 Å². The van der Waals surface area contributed by atoms with Crippen molar-refractivity contribution in [3.63, 3.8) is 0 Å². The maximum absolute atomic E-state index is 12.7. The van der Waals surface area contributed by atoms with Gasteiger partial charge in [0.15, 0.2) is 0 Å². The van der Waals surface area contributed by atoms with E-state index >= 15 is 0 Å². The summed E-state index contributed by atoms with van der Waals surface area (Å²) < 4.78 is 42.9. The van der Waals surface area contributed by atoms with Gasteiger partial charge in [0, 0.05) is 5.69 Å². The lowest BCUT2D eigenvalue weighted by Crippen LogP contribution is -2.26. The lowest BCUT2D eigenvalue weighted by Gasteiger charge is -2.21. The number of carbonyl (C=O) groups is 2. The molecule has 0 aliphatic carbocycles. The molecule has 1 aromatic carbocycles. The van der Waals surface area contributed by atoms with Gasteiger partial charge < -0.3 is 15.6 Å². The van der Waals surface area contributed by atoms with E-state index in [1.165, 1.54) is 20.8 Å². The minimum atomic E-state index is -4.77. The maximum atomic E-state index is 12.7. The van der Waals surface area contributed by atoms with Gasteiger partial charge in [-0.2, -0.15) is 13.2 Å². The van der Waals surface area contributed by atoms with E-state index in [0.29, 0.717) is 12.1 Å². The molecule has 1 aromatic rings. The second-order valence-corrected chi connectivity index (χ2v) is 5.29. The molecule has 0 aliphatic heterocycles. The summed E-state index contributed by atoms with van der Waals surface area (Å²) in [6.07, 6.45) is -4.77. The first-order chi connectivity index (χ1) is 9.33. The number of esters is 1. The number of aromatic carboxylic acids is 1. The highest BCUT2D eigenvalue weighted by atomic mass is 19.4. The zero-order chi connectivity index (χ0) is 16.6. The smallest absolute Gasteiger partial charge is 0.416 e. The Balaban J connectivity index is 3.46. The molecular formula is C13H14F3NO4. The van der Waals surface area contributed by atoms with Gasteiger partial charge in [0.25, 0.3) is 0 Å². The van der Waals surface area contributed by atoms with E-state index in [0.717, 1.165) is 0 Å². The van der Waals surface area contributed by atoms with Crippen molar-refractivity contribution in [3.8, 4) is 0 Å². The van der Waals surface area contributed by atoms with Crippen molar-refractivity contribution in [1.29, 1.82) is 0 Å². The predicted octanol–water partition coefficient (Wildman–Crippen LogP) is 2.94. The van der Waals surface area contributed by atoms with E-state index in [2.05, 4.69) is 0 Å². The number of anilines is 1. The van der Waals surface area contributed by atoms with Crippen molar-refractivity contribution in [2.24, 2.45) is 0 Å². The number of alkyl halides is 3. The molecule has 5 nitrogen and oxygen atoms in total. The summed E-state index contributed by atoms with van der Waals surface area (Å²) in [6.45, 7) is 4.60. The zero-order valence-electron chi connectivity index (χ0n) is 11.5. The van der Waals surface area contributed by atoms with Gasteiger partial charge in [-0.1, -0.05) is 0 Å². The van der Waals surface area contributed by atoms with E-state index in [9.17, 15) is 22.8 Å². The summed E-state index contributed by atoms with van der Waals surface area (Å²) in [7, 11) is 0. The van der Waals surface area contributed by atoms with E-state index in [-0.39, 0.29) is 0 Å². The summed E-state index contributed by atoms with van der Waals surface area (Å²) in [5.74, 6) is -2.79. The first-order valence-corrected chi connectivity index (χ1v) is 5.80. The minimum Gasteiger partial charge on any atom is -0.478 e. The molecule has 0 bridgehead atoms. The Hall–Kier alpha value is -2.25. The number of hydrogen-bond donors (Lipinski definition) is 2. The van der Waals surface area contributed by atoms with E-state index in [4.69, 9.17) is 15.6 Å². The quantitative estimate of drug-likeness (QED) is 0.647. The molecule has 0 saturated heterocycles. The van der Waals surface area contributed by atoms with Crippen molar-refractivity contribution in [3.05, 3.63) is 28.8 Å². The molecule has 21 heavy (non-hydrogen) atoms. The molecule has 3 N–H and O–H groups in total. The normalized spacial score (nSPS) is 12.1. The Morgan fingerprint density at radius 1 is 1.19 bits per heavy atom. The van der Waals surface area contributed by atoms with Gasteiger partial charge in [-0.3, -0.25) is 0 Å². The highest BCUT2D eigenvalue weighted by molar-refractivity contribution is 6.06. The summed E-state index contributed by atoms with van der Waals surface area (Å²) in [6, 6.07) is 0.865. The molecule has 0 saturated carbocycles. The number of nitrogens with two attached hydrogens (primary N) is 1. The van der Waals surface area contributed by atoms with Gasteiger partial charge >= 0.3 is 18.1 Å². The van der Waals surface area contributed by atoms with Crippen LogP contribution in [0.3, 0.4) is 0 Å². The number of nitrogen functional groups attached to an aromatic ring is 1. The summed E-state index contributed by atoms with van der Waals surface area (Å²) in [5, 5.41) is 9.00. The second kappa shape index (κ2) is 5.27. The second-order valence-electron chi connectivity index (χ2n) is 5.29. The molecule has 0 aliphatic rings. The standard InChI is InChI=1S/C13H14F3NO4/c1-12(2,3)21-11(20)9-7(10(18)19)4-6(5-8(9)17)13(14,15)16/h4-5H,17H2,1-3H3,(H,18,19). The summed E-state index contributed by atoms with van der Waals surface area (Å²) >= 11 is 0. The molecule has 0 spiro atoms. The lowest BCUT2D eigenvalue weighted by molar-refractivity contribution is -0.137. The minimum absolute atomic E-state index is 0.359. The van der Waals surface area contributed by atoms with Crippen LogP contribution in [0.2, 0.25) is 0 Å². The van der Waals surface area contributed by atoms with Crippen molar-refractivity contribution < 1.29 is 32.6 Å². The average Bonchev–Trinajstić information content (AvgIpc) is 2.23. The zero-order valence-corrected chi connectivity index (χ0v) is 11.5. The number of carboxylic acid groups (broad SMARTS) is 1. The fraction of sp³-hybridized carbons (Fsp3) is 0.385.